The highest BCUT2D eigenvalue weighted by molar-refractivity contribution is 5.13. The fourth-order valence-electron chi connectivity index (χ4n) is 4.08. The maximum absolute atomic E-state index is 10.7. The second-order valence-corrected chi connectivity index (χ2v) is 7.22. The Kier molecular flexibility index (Phi) is 5.72. The molecule has 5 nitrogen and oxygen atoms in total. The largest absolute Gasteiger partial charge is 0.390 e. The summed E-state index contributed by atoms with van der Waals surface area (Å²) in [5, 5.41) is 10.7. The minimum absolute atomic E-state index is 0.230. The Hall–Kier alpha value is -0.910. The molecule has 2 fully saturated rings. The van der Waals surface area contributed by atoms with Gasteiger partial charge < -0.3 is 10.1 Å². The van der Waals surface area contributed by atoms with Crippen molar-refractivity contribution in [2.24, 2.45) is 0 Å². The first-order valence-electron chi connectivity index (χ1n) is 9.36. The molecule has 23 heavy (non-hydrogen) atoms. The SMILES string of the molecule is CCc1nc(CN2CC[C@@H](N3CCCCCC3)[C@H](O)C2)c(C)[nH]1. The van der Waals surface area contributed by atoms with Crippen LogP contribution in [0.4, 0.5) is 0 Å². The quantitative estimate of drug-likeness (QED) is 0.892. The minimum atomic E-state index is -0.230. The number of aromatic amines is 1. The molecular weight excluding hydrogens is 288 g/mol. The summed E-state index contributed by atoms with van der Waals surface area (Å²) in [6.45, 7) is 9.24. The van der Waals surface area contributed by atoms with Crippen LogP contribution in [-0.2, 0) is 13.0 Å². The Morgan fingerprint density at radius 3 is 2.52 bits per heavy atom. The standard InChI is InChI=1S/C18H32N4O/c1-3-18-19-14(2)15(20-18)12-21-11-8-16(17(23)13-21)22-9-6-4-5-7-10-22/h16-17,23H,3-13H2,1-2H3,(H,19,20)/t16-,17-/m1/s1. The van der Waals surface area contributed by atoms with Crippen LogP contribution in [0.25, 0.3) is 0 Å². The first-order chi connectivity index (χ1) is 11.2. The summed E-state index contributed by atoms with van der Waals surface area (Å²) in [6, 6.07) is 0.357. The number of aliphatic hydroxyl groups excluding tert-OH is 1. The Bertz CT molecular complexity index is 493. The van der Waals surface area contributed by atoms with Crippen LogP contribution in [0.15, 0.2) is 0 Å². The molecular formula is C18H32N4O. The first-order valence-corrected chi connectivity index (χ1v) is 9.36. The summed E-state index contributed by atoms with van der Waals surface area (Å²) < 4.78 is 0. The van der Waals surface area contributed by atoms with E-state index in [0.29, 0.717) is 6.04 Å². The number of nitrogens with one attached hydrogen (secondary N) is 1. The Labute approximate surface area is 140 Å². The molecule has 0 radical (unpaired) electrons. The lowest BCUT2D eigenvalue weighted by atomic mass is 9.99. The summed E-state index contributed by atoms with van der Waals surface area (Å²) in [6.07, 6.45) is 7.07. The van der Waals surface area contributed by atoms with Crippen molar-refractivity contribution in [1.82, 2.24) is 19.8 Å². The lowest BCUT2D eigenvalue weighted by molar-refractivity contribution is -0.0147. The van der Waals surface area contributed by atoms with Gasteiger partial charge in [-0.3, -0.25) is 9.80 Å². The number of hydrogen-bond donors (Lipinski definition) is 2. The fraction of sp³-hybridized carbons (Fsp3) is 0.833. The van der Waals surface area contributed by atoms with Gasteiger partial charge in [0.2, 0.25) is 0 Å². The van der Waals surface area contributed by atoms with Gasteiger partial charge in [-0.15, -0.1) is 0 Å². The number of aryl methyl sites for hydroxylation is 2. The van der Waals surface area contributed by atoms with Crippen molar-refractivity contribution in [2.45, 2.75) is 71.1 Å². The highest BCUT2D eigenvalue weighted by Crippen LogP contribution is 2.22. The highest BCUT2D eigenvalue weighted by Gasteiger charge is 2.32. The molecule has 0 bridgehead atoms. The third-order valence-electron chi connectivity index (χ3n) is 5.48. The van der Waals surface area contributed by atoms with Crippen molar-refractivity contribution in [1.29, 1.82) is 0 Å². The molecule has 3 rings (SSSR count). The van der Waals surface area contributed by atoms with Gasteiger partial charge in [0, 0.05) is 37.8 Å². The zero-order chi connectivity index (χ0) is 16.2. The second kappa shape index (κ2) is 7.77. The van der Waals surface area contributed by atoms with E-state index in [2.05, 4.69) is 33.6 Å². The van der Waals surface area contributed by atoms with E-state index >= 15 is 0 Å². The molecule has 2 N–H and O–H groups in total. The molecule has 0 aliphatic carbocycles. The van der Waals surface area contributed by atoms with E-state index in [-0.39, 0.29) is 6.10 Å². The molecule has 130 valence electrons. The van der Waals surface area contributed by atoms with Crippen LogP contribution < -0.4 is 0 Å². The number of piperidine rings is 1. The number of imidazole rings is 1. The maximum atomic E-state index is 10.7. The highest BCUT2D eigenvalue weighted by atomic mass is 16.3. The van der Waals surface area contributed by atoms with Crippen molar-refractivity contribution in [3.05, 3.63) is 17.2 Å². The van der Waals surface area contributed by atoms with Gasteiger partial charge in [0.15, 0.2) is 0 Å². The third-order valence-corrected chi connectivity index (χ3v) is 5.48. The van der Waals surface area contributed by atoms with E-state index in [1.165, 1.54) is 44.5 Å². The van der Waals surface area contributed by atoms with Gasteiger partial charge in [-0.1, -0.05) is 19.8 Å². The van der Waals surface area contributed by atoms with E-state index in [1.807, 2.05) is 0 Å². The summed E-state index contributed by atoms with van der Waals surface area (Å²) in [5.41, 5.74) is 2.31. The first kappa shape index (κ1) is 16.9. The number of aliphatic hydroxyl groups is 1. The number of nitrogens with zero attached hydrogens (tertiary/aromatic N) is 3. The lowest BCUT2D eigenvalue weighted by Gasteiger charge is -2.41. The Morgan fingerprint density at radius 2 is 1.91 bits per heavy atom. The number of aromatic nitrogens is 2. The molecule has 0 saturated carbocycles. The zero-order valence-electron chi connectivity index (χ0n) is 14.7. The topological polar surface area (TPSA) is 55.4 Å². The molecule has 2 aliphatic rings. The van der Waals surface area contributed by atoms with Crippen LogP contribution in [0.1, 0.15) is 56.2 Å². The minimum Gasteiger partial charge on any atom is -0.390 e. The van der Waals surface area contributed by atoms with Crippen molar-refractivity contribution < 1.29 is 5.11 Å². The van der Waals surface area contributed by atoms with Crippen LogP contribution in [0, 0.1) is 6.92 Å². The second-order valence-electron chi connectivity index (χ2n) is 7.22. The van der Waals surface area contributed by atoms with Crippen LogP contribution >= 0.6 is 0 Å². The molecule has 1 aromatic rings. The van der Waals surface area contributed by atoms with Crippen LogP contribution in [0.5, 0.6) is 0 Å². The maximum Gasteiger partial charge on any atom is 0.106 e. The van der Waals surface area contributed by atoms with E-state index in [0.717, 1.165) is 44.0 Å². The van der Waals surface area contributed by atoms with Gasteiger partial charge >= 0.3 is 0 Å². The van der Waals surface area contributed by atoms with Gasteiger partial charge in [0.25, 0.3) is 0 Å². The van der Waals surface area contributed by atoms with Crippen molar-refractivity contribution in [3.63, 3.8) is 0 Å². The average molecular weight is 320 g/mol. The van der Waals surface area contributed by atoms with E-state index in [9.17, 15) is 5.11 Å². The van der Waals surface area contributed by atoms with Gasteiger partial charge in [-0.2, -0.15) is 0 Å². The van der Waals surface area contributed by atoms with Gasteiger partial charge in [0.1, 0.15) is 5.82 Å². The van der Waals surface area contributed by atoms with Crippen molar-refractivity contribution >= 4 is 0 Å². The number of likely N-dealkylation sites (tertiary alicyclic amines) is 2. The zero-order valence-corrected chi connectivity index (χ0v) is 14.7. The molecule has 3 heterocycles. The summed E-state index contributed by atoms with van der Waals surface area (Å²) in [5.74, 6) is 1.07. The molecule has 2 saturated heterocycles. The number of H-pyrrole nitrogens is 1. The molecule has 0 spiro atoms. The summed E-state index contributed by atoms with van der Waals surface area (Å²) >= 11 is 0. The number of hydrogen-bond acceptors (Lipinski definition) is 4. The molecule has 0 unspecified atom stereocenters. The monoisotopic (exact) mass is 320 g/mol. The molecule has 0 amide bonds. The fourth-order valence-corrected chi connectivity index (χ4v) is 4.08. The third kappa shape index (κ3) is 4.14. The summed E-state index contributed by atoms with van der Waals surface area (Å²) in [4.78, 5) is 12.9. The molecule has 1 aromatic heterocycles. The van der Waals surface area contributed by atoms with Crippen LogP contribution in [0.3, 0.4) is 0 Å². The van der Waals surface area contributed by atoms with Crippen LogP contribution in [-0.4, -0.2) is 63.2 Å². The average Bonchev–Trinajstić information content (AvgIpc) is 2.75. The Morgan fingerprint density at radius 1 is 1.17 bits per heavy atom. The van der Waals surface area contributed by atoms with Gasteiger partial charge in [-0.05, 0) is 39.3 Å². The van der Waals surface area contributed by atoms with Crippen molar-refractivity contribution in [3.8, 4) is 0 Å². The van der Waals surface area contributed by atoms with Crippen molar-refractivity contribution in [2.75, 3.05) is 26.2 Å². The molecule has 0 aromatic carbocycles. The number of rotatable bonds is 4. The molecule has 2 aliphatic heterocycles. The molecule has 2 atom stereocenters. The predicted octanol–water partition coefficient (Wildman–Crippen LogP) is 2.09. The number of β-amino-alcohol motifs (C(OH)–C–C–N with tert-alkyl or cyclic N) is 1. The van der Waals surface area contributed by atoms with E-state index < -0.39 is 0 Å². The molecule has 5 heteroatoms. The van der Waals surface area contributed by atoms with E-state index in [1.54, 1.807) is 0 Å². The normalized spacial score (nSPS) is 28.0. The van der Waals surface area contributed by atoms with Crippen LogP contribution in [0.2, 0.25) is 0 Å². The smallest absolute Gasteiger partial charge is 0.106 e. The lowest BCUT2D eigenvalue weighted by Crippen LogP contribution is -2.54. The van der Waals surface area contributed by atoms with Gasteiger partial charge in [0.05, 0.1) is 11.8 Å². The summed E-state index contributed by atoms with van der Waals surface area (Å²) in [7, 11) is 0. The van der Waals surface area contributed by atoms with E-state index in [4.69, 9.17) is 0 Å². The predicted molar refractivity (Wildman–Crippen MR) is 92.4 cm³/mol. The Balaban J connectivity index is 1.56. The van der Waals surface area contributed by atoms with Gasteiger partial charge in [-0.25, -0.2) is 4.98 Å².